The van der Waals surface area contributed by atoms with E-state index in [4.69, 9.17) is 27.9 Å². The quantitative estimate of drug-likeness (QED) is 0.689. The Balaban J connectivity index is 2.26. The molecule has 0 saturated carbocycles. The number of ether oxygens (including phenoxy) is 1. The van der Waals surface area contributed by atoms with E-state index in [0.717, 1.165) is 15.8 Å². The molecule has 2 nitrogen and oxygen atoms in total. The number of hydrogen-bond donors (Lipinski definition) is 0. The molecule has 0 aliphatic rings. The van der Waals surface area contributed by atoms with Gasteiger partial charge in [-0.25, -0.2) is 0 Å². The molecule has 0 fully saturated rings. The molecular weight excluding hydrogens is 363 g/mol. The molecule has 0 aliphatic carbocycles. The highest BCUT2D eigenvalue weighted by atomic mass is 79.9. The van der Waals surface area contributed by atoms with E-state index >= 15 is 0 Å². The zero-order valence-electron chi connectivity index (χ0n) is 10.6. The summed E-state index contributed by atoms with van der Waals surface area (Å²) in [5.74, 6) is 0.606. The number of methoxy groups -OCH3 is 1. The van der Waals surface area contributed by atoms with Gasteiger partial charge in [0.25, 0.3) is 0 Å². The van der Waals surface area contributed by atoms with Crippen molar-refractivity contribution in [3.05, 3.63) is 62.0 Å². The molecule has 2 aromatic rings. The minimum absolute atomic E-state index is 0.113. The van der Waals surface area contributed by atoms with Crippen LogP contribution in [-0.2, 0) is 6.42 Å². The van der Waals surface area contributed by atoms with Crippen LogP contribution in [0.15, 0.2) is 40.9 Å². The summed E-state index contributed by atoms with van der Waals surface area (Å²) in [6.07, 6.45) is 0.228. The molecule has 104 valence electrons. The minimum atomic E-state index is -0.113. The van der Waals surface area contributed by atoms with Crippen LogP contribution in [0.1, 0.15) is 15.9 Å². The van der Waals surface area contributed by atoms with Crippen molar-refractivity contribution < 1.29 is 9.53 Å². The highest BCUT2D eigenvalue weighted by Gasteiger charge is 2.15. The molecule has 0 spiro atoms. The second kappa shape index (κ2) is 6.61. The molecule has 0 heterocycles. The second-order valence-corrected chi connectivity index (χ2v) is 5.83. The Morgan fingerprint density at radius 2 is 1.85 bits per heavy atom. The van der Waals surface area contributed by atoms with Gasteiger partial charge in [0, 0.05) is 6.42 Å². The zero-order valence-corrected chi connectivity index (χ0v) is 13.7. The molecule has 0 aliphatic heterocycles. The lowest BCUT2D eigenvalue weighted by Crippen LogP contribution is -2.05. The van der Waals surface area contributed by atoms with E-state index in [9.17, 15) is 4.79 Å². The molecule has 0 amide bonds. The van der Waals surface area contributed by atoms with Crippen LogP contribution >= 0.6 is 39.1 Å². The summed E-state index contributed by atoms with van der Waals surface area (Å²) in [6, 6.07) is 10.5. The van der Waals surface area contributed by atoms with Crippen LogP contribution in [-0.4, -0.2) is 12.9 Å². The third-order valence-corrected chi connectivity index (χ3v) is 4.07. The highest BCUT2D eigenvalue weighted by Crippen LogP contribution is 2.28. The molecule has 0 bridgehead atoms. The summed E-state index contributed by atoms with van der Waals surface area (Å²) in [4.78, 5) is 12.3. The van der Waals surface area contributed by atoms with E-state index in [0.29, 0.717) is 15.6 Å². The van der Waals surface area contributed by atoms with Crippen LogP contribution in [0.3, 0.4) is 0 Å². The monoisotopic (exact) mass is 372 g/mol. The van der Waals surface area contributed by atoms with E-state index in [1.165, 1.54) is 0 Å². The topological polar surface area (TPSA) is 26.3 Å². The van der Waals surface area contributed by atoms with Crippen LogP contribution < -0.4 is 4.74 Å². The van der Waals surface area contributed by atoms with Crippen LogP contribution in [0.2, 0.25) is 10.0 Å². The van der Waals surface area contributed by atoms with Crippen molar-refractivity contribution in [2.24, 2.45) is 0 Å². The van der Waals surface area contributed by atoms with E-state index < -0.39 is 0 Å². The Morgan fingerprint density at radius 1 is 1.20 bits per heavy atom. The number of halogens is 3. The molecule has 0 radical (unpaired) electrons. The molecule has 0 N–H and O–H groups in total. The molecule has 0 unspecified atom stereocenters. The Morgan fingerprint density at radius 3 is 2.40 bits per heavy atom. The Hall–Kier alpha value is -1.03. The normalized spacial score (nSPS) is 10.4. The fourth-order valence-electron chi connectivity index (χ4n) is 1.86. The average molecular weight is 374 g/mol. The van der Waals surface area contributed by atoms with Gasteiger partial charge in [-0.2, -0.15) is 0 Å². The lowest BCUT2D eigenvalue weighted by Gasteiger charge is -2.08. The molecule has 20 heavy (non-hydrogen) atoms. The first kappa shape index (κ1) is 15.4. The van der Waals surface area contributed by atoms with Gasteiger partial charge in [-0.1, -0.05) is 35.3 Å². The van der Waals surface area contributed by atoms with Gasteiger partial charge in [-0.3, -0.25) is 4.79 Å². The van der Waals surface area contributed by atoms with Crippen molar-refractivity contribution in [3.63, 3.8) is 0 Å². The third-order valence-electron chi connectivity index (χ3n) is 2.82. The molecular formula is C15H11BrCl2O2. The van der Waals surface area contributed by atoms with Gasteiger partial charge in [0.05, 0.1) is 27.2 Å². The van der Waals surface area contributed by atoms with E-state index in [1.54, 1.807) is 31.4 Å². The largest absolute Gasteiger partial charge is 0.496 e. The average Bonchev–Trinajstić information content (AvgIpc) is 2.38. The van der Waals surface area contributed by atoms with Crippen LogP contribution in [0.4, 0.5) is 0 Å². The first-order chi connectivity index (χ1) is 9.52. The maximum atomic E-state index is 12.3. The molecule has 2 rings (SSSR count). The second-order valence-electron chi connectivity index (χ2n) is 4.17. The number of rotatable bonds is 4. The van der Waals surface area contributed by atoms with E-state index in [1.807, 2.05) is 12.1 Å². The van der Waals surface area contributed by atoms with Crippen molar-refractivity contribution in [2.45, 2.75) is 6.42 Å². The van der Waals surface area contributed by atoms with Crippen LogP contribution in [0.5, 0.6) is 5.75 Å². The summed E-state index contributed by atoms with van der Waals surface area (Å²) < 4.78 is 5.96. The number of carbonyl (C=O) groups is 1. The summed E-state index contributed by atoms with van der Waals surface area (Å²) in [5, 5.41) is 0.741. The number of carbonyl (C=O) groups excluding carboxylic acids is 1. The fraction of sp³-hybridized carbons (Fsp3) is 0.133. The summed E-state index contributed by atoms with van der Waals surface area (Å²) in [7, 11) is 1.59. The van der Waals surface area contributed by atoms with Crippen LogP contribution in [0, 0.1) is 0 Å². The Kier molecular flexibility index (Phi) is 5.08. The van der Waals surface area contributed by atoms with Crippen molar-refractivity contribution >= 4 is 44.9 Å². The van der Waals surface area contributed by atoms with Crippen LogP contribution in [0.25, 0.3) is 0 Å². The van der Waals surface area contributed by atoms with Gasteiger partial charge in [0.2, 0.25) is 0 Å². The smallest absolute Gasteiger partial charge is 0.170 e. The minimum Gasteiger partial charge on any atom is -0.496 e. The summed E-state index contributed by atoms with van der Waals surface area (Å²) in [5.41, 5.74) is 1.22. The number of hydrogen-bond acceptors (Lipinski definition) is 2. The van der Waals surface area contributed by atoms with E-state index in [-0.39, 0.29) is 12.2 Å². The van der Waals surface area contributed by atoms with Gasteiger partial charge < -0.3 is 4.74 Å². The SMILES string of the molecule is COc1ccc(CC(=O)c2c(Cl)cccc2Cl)cc1Br. The number of benzene rings is 2. The van der Waals surface area contributed by atoms with Crippen molar-refractivity contribution in [3.8, 4) is 5.75 Å². The molecule has 2 aromatic carbocycles. The Bertz CT molecular complexity index is 636. The first-order valence-electron chi connectivity index (χ1n) is 5.82. The van der Waals surface area contributed by atoms with Gasteiger partial charge in [0.1, 0.15) is 5.75 Å². The molecule has 0 aromatic heterocycles. The summed E-state index contributed by atoms with van der Waals surface area (Å²) >= 11 is 15.5. The van der Waals surface area contributed by atoms with Crippen molar-refractivity contribution in [2.75, 3.05) is 7.11 Å². The molecule has 0 atom stereocenters. The highest BCUT2D eigenvalue weighted by molar-refractivity contribution is 9.10. The zero-order chi connectivity index (χ0) is 14.7. The summed E-state index contributed by atoms with van der Waals surface area (Å²) in [6.45, 7) is 0. The third kappa shape index (κ3) is 3.35. The maximum Gasteiger partial charge on any atom is 0.170 e. The molecule has 0 saturated heterocycles. The van der Waals surface area contributed by atoms with Gasteiger partial charge >= 0.3 is 0 Å². The number of ketones is 1. The lowest BCUT2D eigenvalue weighted by molar-refractivity contribution is 0.0993. The molecule has 5 heteroatoms. The lowest BCUT2D eigenvalue weighted by atomic mass is 10.0. The predicted molar refractivity (Wildman–Crippen MR) is 85.2 cm³/mol. The van der Waals surface area contributed by atoms with Gasteiger partial charge in [-0.15, -0.1) is 0 Å². The van der Waals surface area contributed by atoms with Crippen molar-refractivity contribution in [1.82, 2.24) is 0 Å². The van der Waals surface area contributed by atoms with Gasteiger partial charge in [0.15, 0.2) is 5.78 Å². The van der Waals surface area contributed by atoms with Gasteiger partial charge in [-0.05, 0) is 45.8 Å². The standard InChI is InChI=1S/C15H11BrCl2O2/c1-20-14-6-5-9(7-10(14)16)8-13(19)15-11(17)3-2-4-12(15)18/h2-7H,8H2,1H3. The maximum absolute atomic E-state index is 12.3. The number of Topliss-reactive ketones (excluding diaryl/α,β-unsaturated/α-hetero) is 1. The predicted octanol–water partition coefficient (Wildman–Crippen LogP) is 5.19. The van der Waals surface area contributed by atoms with E-state index in [2.05, 4.69) is 15.9 Å². The van der Waals surface area contributed by atoms with Crippen molar-refractivity contribution in [1.29, 1.82) is 0 Å². The fourth-order valence-corrected chi connectivity index (χ4v) is 3.05. The Labute approximate surface area is 135 Å². The first-order valence-corrected chi connectivity index (χ1v) is 7.37.